The first-order valence-corrected chi connectivity index (χ1v) is 57.9. The van der Waals surface area contributed by atoms with Gasteiger partial charge < -0.3 is 0 Å². The summed E-state index contributed by atoms with van der Waals surface area (Å²) in [5.74, 6) is 0. The molecule has 0 spiro atoms. The molecular formula is C108H222FeP2. The Balaban J connectivity index is -0.00000208. The van der Waals surface area contributed by atoms with E-state index in [4.69, 9.17) is 0 Å². The molecule has 0 bridgehead atoms. The van der Waals surface area contributed by atoms with Gasteiger partial charge in [0.1, 0.15) is 0 Å². The zero-order valence-electron chi connectivity index (χ0n) is 79.4. The predicted octanol–water partition coefficient (Wildman–Crippen LogP) is 42.5. The van der Waals surface area contributed by atoms with Crippen LogP contribution in [0, 0.1) is 0 Å². The maximum absolute atomic E-state index is 2.32. The molecule has 111 heavy (non-hydrogen) atoms. The normalized spacial score (nSPS) is 11.7. The fourth-order valence-electron chi connectivity index (χ4n) is 18.0. The van der Waals surface area contributed by atoms with Crippen molar-refractivity contribution in [1.29, 1.82) is 0 Å². The zero-order valence-corrected chi connectivity index (χ0v) is 82.3. The van der Waals surface area contributed by atoms with Gasteiger partial charge in [-0.25, -0.2) is 0 Å². The van der Waals surface area contributed by atoms with Crippen molar-refractivity contribution >= 4 is 15.8 Å². The average Bonchev–Trinajstić information content (AvgIpc) is 1.09. The van der Waals surface area contributed by atoms with E-state index in [0.717, 1.165) is 0 Å². The minimum Gasteiger partial charge on any atom is -0.107 e. The van der Waals surface area contributed by atoms with Gasteiger partial charge in [0, 0.05) is 17.1 Å². The van der Waals surface area contributed by atoms with E-state index in [9.17, 15) is 0 Å². The summed E-state index contributed by atoms with van der Waals surface area (Å²) in [6, 6.07) is 0. The summed E-state index contributed by atoms with van der Waals surface area (Å²) < 4.78 is 0. The number of rotatable bonds is 102. The molecule has 0 amide bonds. The van der Waals surface area contributed by atoms with Crippen LogP contribution < -0.4 is 0 Å². The Morgan fingerprint density at radius 2 is 0.135 bits per heavy atom. The van der Waals surface area contributed by atoms with E-state index in [1.165, 1.54) is 578 Å². The second kappa shape index (κ2) is 113. The molecule has 0 N–H and O–H groups in total. The molecule has 0 aromatic rings. The fourth-order valence-corrected chi connectivity index (χ4v) is 23.3. The maximum Gasteiger partial charge on any atom is 0 e. The van der Waals surface area contributed by atoms with E-state index in [2.05, 4.69) is 41.5 Å². The summed E-state index contributed by atoms with van der Waals surface area (Å²) in [7, 11) is 0.623. The first kappa shape index (κ1) is 117. The van der Waals surface area contributed by atoms with Crippen molar-refractivity contribution < 1.29 is 17.1 Å². The van der Waals surface area contributed by atoms with Crippen molar-refractivity contribution in [2.45, 2.75) is 658 Å². The number of hydrogen-bond donors (Lipinski definition) is 0. The monoisotopic (exact) mass is 1640 g/mol. The minimum absolute atomic E-state index is 0. The van der Waals surface area contributed by atoms with Crippen LogP contribution in [0.4, 0.5) is 0 Å². The smallest absolute Gasteiger partial charge is 0 e. The van der Waals surface area contributed by atoms with Crippen LogP contribution in [0.1, 0.15) is 658 Å². The molecule has 0 aliphatic carbocycles. The van der Waals surface area contributed by atoms with Gasteiger partial charge in [0.05, 0.1) is 0 Å². The van der Waals surface area contributed by atoms with E-state index < -0.39 is 0 Å². The van der Waals surface area contributed by atoms with Crippen molar-refractivity contribution in [2.75, 3.05) is 37.0 Å². The van der Waals surface area contributed by atoms with Gasteiger partial charge in [-0.2, -0.15) is 0 Å². The number of unbranched alkanes of at least 4 members (excludes halogenated alkanes) is 90. The maximum atomic E-state index is 2.32. The van der Waals surface area contributed by atoms with Gasteiger partial charge in [-0.05, 0) is 75.5 Å². The van der Waals surface area contributed by atoms with E-state index in [1.807, 2.05) is 0 Å². The summed E-state index contributed by atoms with van der Waals surface area (Å²) >= 11 is 0. The van der Waals surface area contributed by atoms with Crippen LogP contribution in [-0.4, -0.2) is 37.0 Å². The van der Waals surface area contributed by atoms with Crippen molar-refractivity contribution in [3.8, 4) is 0 Å². The second-order valence-electron chi connectivity index (χ2n) is 37.5. The molecular weight excluding hydrogens is 1410 g/mol. The molecule has 0 radical (unpaired) electrons. The van der Waals surface area contributed by atoms with Crippen molar-refractivity contribution in [2.24, 2.45) is 0 Å². The molecule has 0 saturated heterocycles. The summed E-state index contributed by atoms with van der Waals surface area (Å²) in [4.78, 5) is 0. The Kier molecular flexibility index (Phi) is 119. The Morgan fingerprint density at radius 1 is 0.0811 bits per heavy atom. The number of hydrogen-bond acceptors (Lipinski definition) is 0. The first-order chi connectivity index (χ1) is 54.7. The molecule has 0 fully saturated rings. The Hall–Kier alpha value is 1.38. The molecule has 0 atom stereocenters. The minimum atomic E-state index is 0. The molecule has 0 aromatic carbocycles. The Bertz CT molecular complexity index is 1200. The van der Waals surface area contributed by atoms with Gasteiger partial charge in [0.25, 0.3) is 0 Å². The van der Waals surface area contributed by atoms with Crippen molar-refractivity contribution in [3.05, 3.63) is 0 Å². The van der Waals surface area contributed by atoms with Gasteiger partial charge in [-0.3, -0.25) is 0 Å². The standard InChI is InChI=1S/2C54H111P.Fe/c2*1-4-7-10-13-16-19-22-25-28-31-34-37-40-43-46-49-52-55(53-50-47-44-41-38-35-32-29-26-23-20-17-14-11-8-5-2)54-51-48-45-42-39-36-33-30-27-24-21-18-15-12-9-6-3;/h2*4-54H2,1-3H3;. The van der Waals surface area contributed by atoms with E-state index in [-0.39, 0.29) is 17.1 Å². The van der Waals surface area contributed by atoms with Gasteiger partial charge in [0.15, 0.2) is 0 Å². The molecule has 0 unspecified atom stereocenters. The predicted molar refractivity (Wildman–Crippen MR) is 520 cm³/mol. The van der Waals surface area contributed by atoms with Crippen LogP contribution in [0.25, 0.3) is 0 Å². The zero-order chi connectivity index (χ0) is 79.3. The Labute approximate surface area is 722 Å². The van der Waals surface area contributed by atoms with E-state index in [1.54, 1.807) is 75.5 Å². The largest absolute Gasteiger partial charge is 0.107 e. The van der Waals surface area contributed by atoms with Gasteiger partial charge in [-0.15, -0.1) is 15.8 Å². The fraction of sp³-hybridized carbons (Fsp3) is 1.00. The first-order valence-electron chi connectivity index (χ1n) is 54.1. The molecule has 0 heterocycles. The molecule has 0 aliphatic heterocycles. The van der Waals surface area contributed by atoms with Crippen LogP contribution in [0.2, 0.25) is 0 Å². The molecule has 3 heteroatoms. The van der Waals surface area contributed by atoms with Crippen molar-refractivity contribution in [1.82, 2.24) is 0 Å². The van der Waals surface area contributed by atoms with Gasteiger partial charge >= 0.3 is 0 Å². The van der Waals surface area contributed by atoms with Crippen LogP contribution in [0.5, 0.6) is 0 Å². The summed E-state index contributed by atoms with van der Waals surface area (Å²) in [5.41, 5.74) is 0. The third-order valence-corrected chi connectivity index (χ3v) is 31.7. The quantitative estimate of drug-likeness (QED) is 0.0323. The molecule has 0 nitrogen and oxygen atoms in total. The van der Waals surface area contributed by atoms with Gasteiger partial charge in [0.2, 0.25) is 0 Å². The third kappa shape index (κ3) is 111. The second-order valence-corrected chi connectivity index (χ2v) is 42.9. The summed E-state index contributed by atoms with van der Waals surface area (Å²) in [6.45, 7) is 13.9. The molecule has 0 aromatic heterocycles. The van der Waals surface area contributed by atoms with Gasteiger partial charge in [-0.1, -0.05) is 619 Å². The van der Waals surface area contributed by atoms with Crippen LogP contribution in [-0.2, 0) is 17.1 Å². The molecule has 672 valence electrons. The van der Waals surface area contributed by atoms with E-state index in [0.29, 0.717) is 15.8 Å². The molecule has 0 rings (SSSR count). The van der Waals surface area contributed by atoms with Crippen LogP contribution >= 0.6 is 15.8 Å². The SMILES string of the molecule is CCCCCCCCCCCCCCCCCCP(CCCCCCCCCCCCCCCCCC)CCCCCCCCCCCCCCCCCC.CCCCCCCCCCCCCCCCCCP(CCCCCCCCCCCCCCCCCC)CCCCCCCCCCCCCCCCCC.[Fe]. The average molecular weight is 1640 g/mol. The Morgan fingerprint density at radius 3 is 0.198 bits per heavy atom. The van der Waals surface area contributed by atoms with Crippen LogP contribution in [0.15, 0.2) is 0 Å². The van der Waals surface area contributed by atoms with Crippen molar-refractivity contribution in [3.63, 3.8) is 0 Å². The van der Waals surface area contributed by atoms with E-state index >= 15 is 0 Å². The summed E-state index contributed by atoms with van der Waals surface area (Å²) in [5, 5.41) is 0. The molecule has 0 saturated carbocycles. The summed E-state index contributed by atoms with van der Waals surface area (Å²) in [6.07, 6.45) is 153. The molecule has 0 aliphatic rings. The van der Waals surface area contributed by atoms with Crippen LogP contribution in [0.3, 0.4) is 0 Å². The topological polar surface area (TPSA) is 0 Å². The third-order valence-electron chi connectivity index (χ3n) is 26.0.